The Morgan fingerprint density at radius 2 is 1.68 bits per heavy atom. The molecule has 0 bridgehead atoms. The van der Waals surface area contributed by atoms with Crippen molar-refractivity contribution >= 4 is 10.8 Å². The molecule has 1 unspecified atom stereocenters. The summed E-state index contributed by atoms with van der Waals surface area (Å²) < 4.78 is 17.5. The largest absolute Gasteiger partial charge is 0.394 e. The predicted molar refractivity (Wildman–Crippen MR) is 66.6 cm³/mol. The van der Waals surface area contributed by atoms with Crippen molar-refractivity contribution in [1.82, 2.24) is 0 Å². The zero-order valence-corrected chi connectivity index (χ0v) is 10.8. The fraction of sp³-hybridized carbons (Fsp3) is 0.500. The van der Waals surface area contributed by atoms with E-state index in [0.717, 1.165) is 0 Å². The zero-order chi connectivity index (χ0) is 14.0. The van der Waals surface area contributed by atoms with Gasteiger partial charge in [0.2, 0.25) is 0 Å². The van der Waals surface area contributed by atoms with Crippen molar-refractivity contribution in [3.63, 3.8) is 0 Å². The molecule has 6 nitrogen and oxygen atoms in total. The number of aliphatic hydroxyl groups is 4. The van der Waals surface area contributed by atoms with Gasteiger partial charge in [0.1, 0.15) is 24.4 Å². The third kappa shape index (κ3) is 2.86. The van der Waals surface area contributed by atoms with E-state index in [1.807, 2.05) is 0 Å². The lowest BCUT2D eigenvalue weighted by Gasteiger charge is -2.39. The molecule has 1 aliphatic heterocycles. The second-order valence-corrected chi connectivity index (χ2v) is 5.84. The van der Waals surface area contributed by atoms with Gasteiger partial charge in [0.15, 0.2) is 5.44 Å². The van der Waals surface area contributed by atoms with Crippen LogP contribution in [0.4, 0.5) is 0 Å². The summed E-state index contributed by atoms with van der Waals surface area (Å²) >= 11 is 0. The minimum absolute atomic E-state index is 0.437. The van der Waals surface area contributed by atoms with Crippen molar-refractivity contribution in [2.45, 2.75) is 34.7 Å². The second kappa shape index (κ2) is 6.08. The average Bonchev–Trinajstić information content (AvgIpc) is 2.45. The Morgan fingerprint density at radius 1 is 1.05 bits per heavy atom. The van der Waals surface area contributed by atoms with E-state index < -0.39 is 47.3 Å². The van der Waals surface area contributed by atoms with Gasteiger partial charge in [-0.05, 0) is 12.1 Å². The van der Waals surface area contributed by atoms with Crippen LogP contribution in [0.1, 0.15) is 0 Å². The van der Waals surface area contributed by atoms with Crippen LogP contribution in [-0.2, 0) is 15.5 Å². The molecule has 7 heteroatoms. The third-order valence-electron chi connectivity index (χ3n) is 3.03. The first kappa shape index (κ1) is 14.6. The van der Waals surface area contributed by atoms with E-state index in [2.05, 4.69) is 0 Å². The Morgan fingerprint density at radius 3 is 2.26 bits per heavy atom. The number of aliphatic hydroxyl groups excluding tert-OH is 4. The molecular formula is C12H16O6S. The lowest BCUT2D eigenvalue weighted by Crippen LogP contribution is -2.59. The SMILES string of the molecule is O=S(c1ccccc1)[C@@H]1O[C@H](CO)[C@H](O)[C@H](O)[C@H]1O. The smallest absolute Gasteiger partial charge is 0.166 e. The molecule has 0 amide bonds. The molecule has 1 fully saturated rings. The van der Waals surface area contributed by atoms with Crippen molar-refractivity contribution in [2.24, 2.45) is 0 Å². The zero-order valence-electron chi connectivity index (χ0n) is 9.99. The van der Waals surface area contributed by atoms with Crippen molar-refractivity contribution in [3.05, 3.63) is 30.3 Å². The summed E-state index contributed by atoms with van der Waals surface area (Å²) in [6.07, 6.45) is -5.48. The fourth-order valence-electron chi connectivity index (χ4n) is 1.93. The van der Waals surface area contributed by atoms with Gasteiger partial charge in [-0.2, -0.15) is 0 Å². The maximum absolute atomic E-state index is 12.3. The van der Waals surface area contributed by atoms with Crippen molar-refractivity contribution in [1.29, 1.82) is 0 Å². The lowest BCUT2D eigenvalue weighted by molar-refractivity contribution is -0.206. The Bertz CT molecular complexity index is 437. The molecular weight excluding hydrogens is 272 g/mol. The third-order valence-corrected chi connectivity index (χ3v) is 4.58. The quantitative estimate of drug-likeness (QED) is 0.544. The Hall–Kier alpha value is -0.830. The van der Waals surface area contributed by atoms with Crippen LogP contribution in [0.25, 0.3) is 0 Å². The summed E-state index contributed by atoms with van der Waals surface area (Å²) in [5.41, 5.74) is -1.20. The van der Waals surface area contributed by atoms with Crippen LogP contribution < -0.4 is 0 Å². The Kier molecular flexibility index (Phi) is 4.67. The molecule has 6 atom stereocenters. The standard InChI is InChI=1S/C12H16O6S/c13-6-8-9(14)10(15)11(16)12(18-8)19(17)7-4-2-1-3-5-7/h1-5,8-16H,6H2/t8-,9+,10+,11-,12+,19?/m1/s1. The van der Waals surface area contributed by atoms with Crippen LogP contribution in [0.5, 0.6) is 0 Å². The topological polar surface area (TPSA) is 107 Å². The van der Waals surface area contributed by atoms with Gasteiger partial charge in [-0.3, -0.25) is 4.21 Å². The molecule has 0 aromatic heterocycles. The number of hydrogen-bond acceptors (Lipinski definition) is 6. The van der Waals surface area contributed by atoms with Gasteiger partial charge in [-0.15, -0.1) is 0 Å². The number of ether oxygens (including phenoxy) is 1. The highest BCUT2D eigenvalue weighted by Gasteiger charge is 2.46. The minimum Gasteiger partial charge on any atom is -0.394 e. The van der Waals surface area contributed by atoms with Gasteiger partial charge in [-0.25, -0.2) is 0 Å². The van der Waals surface area contributed by atoms with E-state index in [1.165, 1.54) is 0 Å². The van der Waals surface area contributed by atoms with Crippen LogP contribution in [-0.4, -0.2) is 61.1 Å². The van der Waals surface area contributed by atoms with Crippen molar-refractivity contribution < 1.29 is 29.4 Å². The van der Waals surface area contributed by atoms with Gasteiger partial charge < -0.3 is 25.2 Å². The molecule has 1 saturated heterocycles. The van der Waals surface area contributed by atoms with Gasteiger partial charge in [0.05, 0.1) is 17.4 Å². The molecule has 106 valence electrons. The summed E-state index contributed by atoms with van der Waals surface area (Å²) in [4.78, 5) is 0.437. The molecule has 2 rings (SSSR count). The number of benzene rings is 1. The molecule has 1 aliphatic rings. The lowest BCUT2D eigenvalue weighted by atomic mass is 10.0. The van der Waals surface area contributed by atoms with Gasteiger partial charge >= 0.3 is 0 Å². The highest BCUT2D eigenvalue weighted by Crippen LogP contribution is 2.26. The summed E-state index contributed by atoms with van der Waals surface area (Å²) in [5, 5.41) is 38.2. The fourth-order valence-corrected chi connectivity index (χ4v) is 3.28. The number of hydrogen-bond donors (Lipinski definition) is 4. The molecule has 4 N–H and O–H groups in total. The van der Waals surface area contributed by atoms with Crippen LogP contribution in [0.3, 0.4) is 0 Å². The summed E-state index contributed by atoms with van der Waals surface area (Å²) in [7, 11) is -1.71. The monoisotopic (exact) mass is 288 g/mol. The summed E-state index contributed by atoms with van der Waals surface area (Å²) in [6.45, 7) is -0.534. The average molecular weight is 288 g/mol. The molecule has 0 aliphatic carbocycles. The molecule has 0 radical (unpaired) electrons. The van der Waals surface area contributed by atoms with Crippen LogP contribution >= 0.6 is 0 Å². The van der Waals surface area contributed by atoms with Crippen LogP contribution in [0, 0.1) is 0 Å². The van der Waals surface area contributed by atoms with Crippen LogP contribution in [0.15, 0.2) is 35.2 Å². The van der Waals surface area contributed by atoms with E-state index in [1.54, 1.807) is 30.3 Å². The van der Waals surface area contributed by atoms with Crippen molar-refractivity contribution in [3.8, 4) is 0 Å². The van der Waals surface area contributed by atoms with Gasteiger partial charge in [0.25, 0.3) is 0 Å². The predicted octanol–water partition coefficient (Wildman–Crippen LogP) is -1.41. The van der Waals surface area contributed by atoms with Gasteiger partial charge in [0, 0.05) is 4.90 Å². The van der Waals surface area contributed by atoms with Crippen molar-refractivity contribution in [2.75, 3.05) is 6.61 Å². The first-order chi connectivity index (χ1) is 9.06. The Balaban J connectivity index is 2.21. The van der Waals surface area contributed by atoms with Gasteiger partial charge in [-0.1, -0.05) is 18.2 Å². The Labute approximate surface area is 112 Å². The van der Waals surface area contributed by atoms with E-state index in [0.29, 0.717) is 4.90 Å². The van der Waals surface area contributed by atoms with E-state index >= 15 is 0 Å². The number of rotatable bonds is 3. The highest BCUT2D eigenvalue weighted by molar-refractivity contribution is 7.85. The summed E-state index contributed by atoms with van der Waals surface area (Å²) in [6, 6.07) is 8.36. The van der Waals surface area contributed by atoms with E-state index in [4.69, 9.17) is 9.84 Å². The van der Waals surface area contributed by atoms with E-state index in [-0.39, 0.29) is 0 Å². The molecule has 0 spiro atoms. The minimum atomic E-state index is -1.71. The maximum atomic E-state index is 12.3. The van der Waals surface area contributed by atoms with E-state index in [9.17, 15) is 19.5 Å². The summed E-state index contributed by atoms with van der Waals surface area (Å²) in [5.74, 6) is 0. The highest BCUT2D eigenvalue weighted by atomic mass is 32.2. The van der Waals surface area contributed by atoms with Crippen LogP contribution in [0.2, 0.25) is 0 Å². The molecule has 1 aromatic rings. The maximum Gasteiger partial charge on any atom is 0.166 e. The molecule has 0 saturated carbocycles. The molecule has 19 heavy (non-hydrogen) atoms. The normalized spacial score (nSPS) is 36.9. The molecule has 1 heterocycles. The first-order valence-corrected chi connectivity index (χ1v) is 7.03. The second-order valence-electron chi connectivity index (χ2n) is 4.31. The first-order valence-electron chi connectivity index (χ1n) is 5.82. The molecule has 1 aromatic carbocycles.